The van der Waals surface area contributed by atoms with E-state index in [0.29, 0.717) is 25.2 Å². The summed E-state index contributed by atoms with van der Waals surface area (Å²) in [5, 5.41) is 3.07. The molecule has 2 amide bonds. The molecule has 1 aliphatic heterocycles. The predicted octanol–water partition coefficient (Wildman–Crippen LogP) is 2.59. The van der Waals surface area contributed by atoms with Crippen molar-refractivity contribution in [2.75, 3.05) is 19.6 Å². The van der Waals surface area contributed by atoms with Crippen molar-refractivity contribution in [2.24, 2.45) is 11.1 Å². The van der Waals surface area contributed by atoms with Gasteiger partial charge >= 0.3 is 0 Å². The molecule has 3 N–H and O–H groups in total. The van der Waals surface area contributed by atoms with Crippen LogP contribution >= 0.6 is 12.4 Å². The number of nitrogens with one attached hydrogen (secondary N) is 1. The van der Waals surface area contributed by atoms with Crippen LogP contribution in [0.4, 0.5) is 0 Å². The molecule has 5 nitrogen and oxygen atoms in total. The topological polar surface area (TPSA) is 75.4 Å². The Balaban J connectivity index is 0.00000312. The first kappa shape index (κ1) is 21.5. The maximum atomic E-state index is 12.8. The van der Waals surface area contributed by atoms with E-state index < -0.39 is 5.41 Å². The summed E-state index contributed by atoms with van der Waals surface area (Å²) in [5.41, 5.74) is 6.14. The van der Waals surface area contributed by atoms with E-state index in [2.05, 4.69) is 5.32 Å². The number of hydrogen-bond acceptors (Lipinski definition) is 3. The maximum Gasteiger partial charge on any atom is 0.251 e. The van der Waals surface area contributed by atoms with Crippen LogP contribution in [0.25, 0.3) is 0 Å². The van der Waals surface area contributed by atoms with Gasteiger partial charge in [0.2, 0.25) is 5.91 Å². The zero-order chi connectivity index (χ0) is 17.6. The van der Waals surface area contributed by atoms with E-state index in [0.717, 1.165) is 25.7 Å². The monoisotopic (exact) mass is 367 g/mol. The third-order valence-corrected chi connectivity index (χ3v) is 5.35. The Morgan fingerprint density at radius 2 is 1.72 bits per heavy atom. The number of carbonyl (C=O) groups is 2. The van der Waals surface area contributed by atoms with Crippen LogP contribution in [0.1, 0.15) is 49.9 Å². The van der Waals surface area contributed by atoms with E-state index in [1.165, 1.54) is 0 Å². The first-order valence-electron chi connectivity index (χ1n) is 8.91. The molecule has 1 heterocycles. The van der Waals surface area contributed by atoms with Crippen molar-refractivity contribution in [3.8, 4) is 0 Å². The molecule has 1 aliphatic rings. The lowest BCUT2D eigenvalue weighted by molar-refractivity contribution is -0.143. The number of piperidine rings is 1. The number of nitrogens with zero attached hydrogens (tertiary/aromatic N) is 1. The minimum atomic E-state index is -0.430. The van der Waals surface area contributed by atoms with Gasteiger partial charge in [0.25, 0.3) is 5.91 Å². The molecule has 25 heavy (non-hydrogen) atoms. The molecule has 0 saturated carbocycles. The van der Waals surface area contributed by atoms with Gasteiger partial charge in [-0.2, -0.15) is 0 Å². The van der Waals surface area contributed by atoms with Crippen LogP contribution < -0.4 is 11.1 Å². The molecule has 0 atom stereocenters. The van der Waals surface area contributed by atoms with Crippen LogP contribution in [-0.2, 0) is 4.79 Å². The molecule has 1 aromatic rings. The molecular formula is C19H30ClN3O2. The Kier molecular flexibility index (Phi) is 8.39. The molecule has 0 radical (unpaired) electrons. The smallest absolute Gasteiger partial charge is 0.251 e. The van der Waals surface area contributed by atoms with Gasteiger partial charge in [0.05, 0.1) is 5.41 Å². The minimum absolute atomic E-state index is 0. The second-order valence-electron chi connectivity index (χ2n) is 6.60. The predicted molar refractivity (Wildman–Crippen MR) is 103 cm³/mol. The van der Waals surface area contributed by atoms with E-state index in [1.54, 1.807) is 0 Å². The van der Waals surface area contributed by atoms with Gasteiger partial charge in [-0.1, -0.05) is 32.0 Å². The molecule has 1 fully saturated rings. The number of amides is 2. The summed E-state index contributed by atoms with van der Waals surface area (Å²) in [7, 11) is 0. The standard InChI is InChI=1S/C19H29N3O2.ClH/c1-3-19(4-2,14-20)18(24)22-12-10-16(11-13-22)21-17(23)15-8-6-5-7-9-15;/h5-9,16H,3-4,10-14,20H2,1-2H3,(H,21,23);1H. The molecule has 1 aromatic carbocycles. The van der Waals surface area contributed by atoms with E-state index in [-0.39, 0.29) is 30.3 Å². The summed E-state index contributed by atoms with van der Waals surface area (Å²) in [6.45, 7) is 5.81. The summed E-state index contributed by atoms with van der Waals surface area (Å²) >= 11 is 0. The van der Waals surface area contributed by atoms with E-state index in [9.17, 15) is 9.59 Å². The average Bonchev–Trinajstić information content (AvgIpc) is 2.65. The fraction of sp³-hybridized carbons (Fsp3) is 0.579. The van der Waals surface area contributed by atoms with Crippen LogP contribution in [0.2, 0.25) is 0 Å². The number of carbonyl (C=O) groups excluding carboxylic acids is 2. The number of benzene rings is 1. The lowest BCUT2D eigenvalue weighted by Gasteiger charge is -2.39. The van der Waals surface area contributed by atoms with Gasteiger partial charge in [0, 0.05) is 31.2 Å². The lowest BCUT2D eigenvalue weighted by Crippen LogP contribution is -2.52. The molecule has 140 valence electrons. The zero-order valence-corrected chi connectivity index (χ0v) is 16.0. The van der Waals surface area contributed by atoms with Crippen molar-refractivity contribution >= 4 is 24.2 Å². The van der Waals surface area contributed by atoms with Crippen LogP contribution in [0.5, 0.6) is 0 Å². The number of nitrogens with two attached hydrogens (primary N) is 1. The molecule has 0 spiro atoms. The van der Waals surface area contributed by atoms with Gasteiger partial charge in [0.15, 0.2) is 0 Å². The summed E-state index contributed by atoms with van der Waals surface area (Å²) in [6.07, 6.45) is 3.11. The van der Waals surface area contributed by atoms with Crippen LogP contribution in [0, 0.1) is 5.41 Å². The first-order chi connectivity index (χ1) is 11.6. The summed E-state index contributed by atoms with van der Waals surface area (Å²) in [6, 6.07) is 9.36. The third kappa shape index (κ3) is 4.95. The largest absolute Gasteiger partial charge is 0.349 e. The quantitative estimate of drug-likeness (QED) is 0.811. The number of hydrogen-bond donors (Lipinski definition) is 2. The van der Waals surface area contributed by atoms with Gasteiger partial charge < -0.3 is 16.0 Å². The Bertz CT molecular complexity index is 545. The highest BCUT2D eigenvalue weighted by Gasteiger charge is 2.38. The van der Waals surface area contributed by atoms with Crippen molar-refractivity contribution in [1.29, 1.82) is 0 Å². The van der Waals surface area contributed by atoms with Gasteiger partial charge in [-0.25, -0.2) is 0 Å². The minimum Gasteiger partial charge on any atom is -0.349 e. The summed E-state index contributed by atoms with van der Waals surface area (Å²) < 4.78 is 0. The Labute approximate surface area is 156 Å². The van der Waals surface area contributed by atoms with E-state index in [4.69, 9.17) is 5.73 Å². The van der Waals surface area contributed by atoms with Crippen molar-refractivity contribution in [3.05, 3.63) is 35.9 Å². The second-order valence-corrected chi connectivity index (χ2v) is 6.60. The third-order valence-electron chi connectivity index (χ3n) is 5.35. The first-order valence-corrected chi connectivity index (χ1v) is 8.91. The highest BCUT2D eigenvalue weighted by Crippen LogP contribution is 2.29. The summed E-state index contributed by atoms with van der Waals surface area (Å²) in [4.78, 5) is 27.0. The number of likely N-dealkylation sites (tertiary alicyclic amines) is 1. The van der Waals surface area contributed by atoms with Crippen molar-refractivity contribution in [3.63, 3.8) is 0 Å². The fourth-order valence-corrected chi connectivity index (χ4v) is 3.35. The molecule has 0 aromatic heterocycles. The van der Waals surface area contributed by atoms with Gasteiger partial charge in [0.1, 0.15) is 0 Å². The highest BCUT2D eigenvalue weighted by molar-refractivity contribution is 5.94. The number of rotatable bonds is 6. The molecule has 1 saturated heterocycles. The normalized spacial score (nSPS) is 15.4. The van der Waals surface area contributed by atoms with Crippen LogP contribution in [0.15, 0.2) is 30.3 Å². The highest BCUT2D eigenvalue weighted by atomic mass is 35.5. The Morgan fingerprint density at radius 3 is 2.20 bits per heavy atom. The van der Waals surface area contributed by atoms with Gasteiger partial charge in [-0.05, 0) is 37.8 Å². The Hall–Kier alpha value is -1.59. The van der Waals surface area contributed by atoms with E-state index in [1.807, 2.05) is 49.1 Å². The molecule has 0 bridgehead atoms. The second kappa shape index (κ2) is 9.78. The Morgan fingerprint density at radius 1 is 1.16 bits per heavy atom. The average molecular weight is 368 g/mol. The summed E-state index contributed by atoms with van der Waals surface area (Å²) in [5.74, 6) is 0.127. The molecular weight excluding hydrogens is 338 g/mol. The zero-order valence-electron chi connectivity index (χ0n) is 15.2. The van der Waals surface area contributed by atoms with Crippen molar-refractivity contribution < 1.29 is 9.59 Å². The number of halogens is 1. The fourth-order valence-electron chi connectivity index (χ4n) is 3.35. The maximum absolute atomic E-state index is 12.8. The molecule has 6 heteroatoms. The van der Waals surface area contributed by atoms with E-state index >= 15 is 0 Å². The van der Waals surface area contributed by atoms with Crippen LogP contribution in [0.3, 0.4) is 0 Å². The SMILES string of the molecule is CCC(CC)(CN)C(=O)N1CCC(NC(=O)c2ccccc2)CC1.Cl. The van der Waals surface area contributed by atoms with Gasteiger partial charge in [-0.15, -0.1) is 12.4 Å². The molecule has 2 rings (SSSR count). The lowest BCUT2D eigenvalue weighted by atomic mass is 9.80. The molecule has 0 unspecified atom stereocenters. The van der Waals surface area contributed by atoms with Gasteiger partial charge in [-0.3, -0.25) is 9.59 Å². The van der Waals surface area contributed by atoms with Crippen molar-refractivity contribution in [1.82, 2.24) is 10.2 Å². The van der Waals surface area contributed by atoms with Crippen LogP contribution in [-0.4, -0.2) is 42.4 Å². The van der Waals surface area contributed by atoms with Crippen molar-refractivity contribution in [2.45, 2.75) is 45.6 Å². The molecule has 0 aliphatic carbocycles.